The molecule has 1 amide bonds. The van der Waals surface area contributed by atoms with E-state index in [1.807, 2.05) is 18.2 Å². The van der Waals surface area contributed by atoms with E-state index in [9.17, 15) is 4.79 Å². The number of anilines is 3. The quantitative estimate of drug-likeness (QED) is 0.650. The third kappa shape index (κ3) is 3.35. The monoisotopic (exact) mass is 432 g/mol. The molecule has 0 unspecified atom stereocenters. The Morgan fingerprint density at radius 2 is 2.11 bits per heavy atom. The second-order valence-electron chi connectivity index (χ2n) is 3.77. The fraction of sp³-hybridized carbons (Fsp3) is 0. The third-order valence-electron chi connectivity index (χ3n) is 2.39. The van der Waals surface area contributed by atoms with E-state index in [-0.39, 0.29) is 5.82 Å². The first-order valence-electron chi connectivity index (χ1n) is 5.25. The van der Waals surface area contributed by atoms with E-state index in [1.54, 1.807) is 0 Å². The van der Waals surface area contributed by atoms with Gasteiger partial charge in [-0.2, -0.15) is 0 Å². The molecule has 0 aliphatic rings. The highest BCUT2D eigenvalue weighted by atomic mass is 127. The Labute approximate surface area is 132 Å². The molecule has 5 nitrogen and oxygen atoms in total. The number of pyridine rings is 1. The highest BCUT2D eigenvalue weighted by Crippen LogP contribution is 2.26. The molecule has 7 heteroatoms. The minimum atomic E-state index is -0.552. The average molecular weight is 433 g/mol. The Bertz CT molecular complexity index is 648. The number of primary amides is 1. The number of nitrogens with two attached hydrogens (primary N) is 2. The van der Waals surface area contributed by atoms with Crippen molar-refractivity contribution in [3.05, 3.63) is 44.1 Å². The molecule has 0 spiro atoms. The first-order valence-corrected chi connectivity index (χ1v) is 7.12. The number of carbonyl (C=O) groups is 1. The zero-order valence-corrected chi connectivity index (χ0v) is 13.4. The zero-order chi connectivity index (χ0) is 14.0. The molecular weight excluding hydrogens is 423 g/mol. The molecule has 0 atom stereocenters. The average Bonchev–Trinajstić information content (AvgIpc) is 2.36. The van der Waals surface area contributed by atoms with Crippen LogP contribution in [-0.4, -0.2) is 10.9 Å². The smallest absolute Gasteiger partial charge is 0.251 e. The molecule has 0 fully saturated rings. The normalized spacial score (nSPS) is 10.2. The fourth-order valence-electron chi connectivity index (χ4n) is 1.50. The Kier molecular flexibility index (Phi) is 4.25. The molecule has 1 aromatic heterocycles. The largest absolute Gasteiger partial charge is 0.384 e. The van der Waals surface area contributed by atoms with Gasteiger partial charge in [0.2, 0.25) is 0 Å². The van der Waals surface area contributed by atoms with Crippen molar-refractivity contribution >= 4 is 61.6 Å². The van der Waals surface area contributed by atoms with Crippen LogP contribution in [0.2, 0.25) is 0 Å². The van der Waals surface area contributed by atoms with Crippen molar-refractivity contribution in [2.24, 2.45) is 5.73 Å². The van der Waals surface area contributed by atoms with Crippen molar-refractivity contribution in [2.75, 3.05) is 11.1 Å². The number of nitrogens with one attached hydrogen (secondary N) is 1. The number of hydrogen-bond donors (Lipinski definition) is 3. The molecule has 1 heterocycles. The summed E-state index contributed by atoms with van der Waals surface area (Å²) in [7, 11) is 0. The maximum atomic E-state index is 11.4. The van der Waals surface area contributed by atoms with Crippen LogP contribution in [0, 0.1) is 3.57 Å². The van der Waals surface area contributed by atoms with Gasteiger partial charge in [-0.15, -0.1) is 0 Å². The fourth-order valence-corrected chi connectivity index (χ4v) is 2.27. The van der Waals surface area contributed by atoms with Crippen LogP contribution in [-0.2, 0) is 0 Å². The molecule has 0 bridgehead atoms. The lowest BCUT2D eigenvalue weighted by atomic mass is 10.2. The van der Waals surface area contributed by atoms with Gasteiger partial charge in [-0.1, -0.05) is 0 Å². The molecule has 0 saturated carbocycles. The maximum Gasteiger partial charge on any atom is 0.251 e. The van der Waals surface area contributed by atoms with Gasteiger partial charge in [0.1, 0.15) is 5.82 Å². The van der Waals surface area contributed by atoms with Crippen LogP contribution >= 0.6 is 38.5 Å². The van der Waals surface area contributed by atoms with Gasteiger partial charge in [-0.05, 0) is 62.8 Å². The second-order valence-corrected chi connectivity index (χ2v) is 5.79. The number of aromatic nitrogens is 1. The van der Waals surface area contributed by atoms with Crippen molar-refractivity contribution in [1.82, 2.24) is 4.98 Å². The highest BCUT2D eigenvalue weighted by molar-refractivity contribution is 14.1. The molecule has 19 heavy (non-hydrogen) atoms. The second kappa shape index (κ2) is 5.74. The van der Waals surface area contributed by atoms with Crippen LogP contribution in [0.1, 0.15) is 10.4 Å². The van der Waals surface area contributed by atoms with Gasteiger partial charge in [0.05, 0.1) is 17.4 Å². The van der Waals surface area contributed by atoms with Crippen LogP contribution in [0.25, 0.3) is 0 Å². The number of rotatable bonds is 3. The maximum absolute atomic E-state index is 11.4. The highest BCUT2D eigenvalue weighted by Gasteiger charge is 2.10. The van der Waals surface area contributed by atoms with Gasteiger partial charge in [0.25, 0.3) is 5.91 Å². The summed E-state index contributed by atoms with van der Waals surface area (Å²) in [5, 5.41) is 3.10. The minimum Gasteiger partial charge on any atom is -0.384 e. The van der Waals surface area contributed by atoms with E-state index in [0.29, 0.717) is 11.3 Å². The Hall–Kier alpha value is -1.35. The molecule has 0 saturated heterocycles. The number of carbonyl (C=O) groups excluding carboxylic acids is 1. The lowest BCUT2D eigenvalue weighted by molar-refractivity contribution is 0.100. The number of halogens is 2. The van der Waals surface area contributed by atoms with Crippen molar-refractivity contribution in [3.8, 4) is 0 Å². The number of nitrogen functional groups attached to an aromatic ring is 1. The lowest BCUT2D eigenvalue weighted by Crippen LogP contribution is -2.14. The van der Waals surface area contributed by atoms with Crippen molar-refractivity contribution in [2.45, 2.75) is 0 Å². The lowest BCUT2D eigenvalue weighted by Gasteiger charge is -2.11. The summed E-state index contributed by atoms with van der Waals surface area (Å²) < 4.78 is 2.05. The van der Waals surface area contributed by atoms with Crippen LogP contribution in [0.5, 0.6) is 0 Å². The van der Waals surface area contributed by atoms with Gasteiger partial charge in [-0.3, -0.25) is 4.79 Å². The van der Waals surface area contributed by atoms with Crippen LogP contribution in [0.3, 0.4) is 0 Å². The van der Waals surface area contributed by atoms with Gasteiger partial charge in [0, 0.05) is 13.7 Å². The summed E-state index contributed by atoms with van der Waals surface area (Å²) in [6, 6.07) is 7.19. The first-order chi connectivity index (χ1) is 8.97. The van der Waals surface area contributed by atoms with Crippen molar-refractivity contribution in [1.29, 1.82) is 0 Å². The van der Waals surface area contributed by atoms with Gasteiger partial charge >= 0.3 is 0 Å². The van der Waals surface area contributed by atoms with Crippen LogP contribution in [0.15, 0.2) is 34.9 Å². The van der Waals surface area contributed by atoms with Gasteiger partial charge in [0.15, 0.2) is 0 Å². The van der Waals surface area contributed by atoms with Gasteiger partial charge in [-0.25, -0.2) is 4.98 Å². The number of amides is 1. The summed E-state index contributed by atoms with van der Waals surface area (Å²) in [5.41, 5.74) is 12.5. The topological polar surface area (TPSA) is 94.0 Å². The SMILES string of the molecule is NC(=O)c1cc(N)ncc1Nc1ccc(Br)c(I)c1. The van der Waals surface area contributed by atoms with E-state index in [2.05, 4.69) is 48.8 Å². The van der Waals surface area contributed by atoms with E-state index in [1.165, 1.54) is 12.3 Å². The first kappa shape index (κ1) is 14.1. The summed E-state index contributed by atoms with van der Waals surface area (Å²) in [6.07, 6.45) is 1.49. The summed E-state index contributed by atoms with van der Waals surface area (Å²) in [5.74, 6) is -0.298. The zero-order valence-electron chi connectivity index (χ0n) is 9.65. The minimum absolute atomic E-state index is 0.254. The number of nitrogens with zero attached hydrogens (tertiary/aromatic N) is 1. The summed E-state index contributed by atoms with van der Waals surface area (Å²) in [4.78, 5) is 15.3. The molecule has 1 aromatic carbocycles. The Balaban J connectivity index is 2.37. The van der Waals surface area contributed by atoms with Crippen molar-refractivity contribution in [3.63, 3.8) is 0 Å². The number of benzene rings is 1. The molecule has 0 radical (unpaired) electrons. The molecule has 5 N–H and O–H groups in total. The van der Waals surface area contributed by atoms with Gasteiger partial charge < -0.3 is 16.8 Å². The molecule has 0 aliphatic carbocycles. The Morgan fingerprint density at radius 3 is 2.74 bits per heavy atom. The molecule has 0 aliphatic heterocycles. The molecule has 2 aromatic rings. The van der Waals surface area contributed by atoms with Crippen LogP contribution < -0.4 is 16.8 Å². The molecule has 98 valence electrons. The Morgan fingerprint density at radius 1 is 1.37 bits per heavy atom. The number of hydrogen-bond acceptors (Lipinski definition) is 4. The van der Waals surface area contributed by atoms with E-state index >= 15 is 0 Å². The standard InChI is InChI=1S/C12H10BrIN4O/c13-8-2-1-6(3-9(8)14)18-10-5-17-11(15)4-7(10)12(16)19/h1-5,18H,(H2,15,17)(H2,16,19). The predicted molar refractivity (Wildman–Crippen MR) is 87.3 cm³/mol. The molecule has 2 rings (SSSR count). The van der Waals surface area contributed by atoms with Crippen molar-refractivity contribution < 1.29 is 4.79 Å². The third-order valence-corrected chi connectivity index (χ3v) is 4.71. The predicted octanol–water partition coefficient (Wildman–Crippen LogP) is 2.87. The van der Waals surface area contributed by atoms with Crippen LogP contribution in [0.4, 0.5) is 17.2 Å². The van der Waals surface area contributed by atoms with E-state index in [4.69, 9.17) is 11.5 Å². The van der Waals surface area contributed by atoms with E-state index < -0.39 is 5.91 Å². The molecular formula is C12H10BrIN4O. The summed E-state index contributed by atoms with van der Waals surface area (Å²) >= 11 is 5.63. The summed E-state index contributed by atoms with van der Waals surface area (Å²) in [6.45, 7) is 0. The van der Waals surface area contributed by atoms with E-state index in [0.717, 1.165) is 13.7 Å².